The van der Waals surface area contributed by atoms with Gasteiger partial charge in [-0.1, -0.05) is 11.6 Å². The number of nitrogens with zero attached hydrogens (tertiary/aromatic N) is 5. The van der Waals surface area contributed by atoms with Crippen molar-refractivity contribution in [1.29, 1.82) is 5.26 Å². The number of halogens is 1. The van der Waals surface area contributed by atoms with E-state index >= 15 is 0 Å². The van der Waals surface area contributed by atoms with Crippen LogP contribution < -0.4 is 10.6 Å². The molecule has 0 saturated carbocycles. The predicted octanol–water partition coefficient (Wildman–Crippen LogP) is 2.56. The van der Waals surface area contributed by atoms with Crippen molar-refractivity contribution in [2.75, 3.05) is 18.0 Å². The van der Waals surface area contributed by atoms with E-state index in [9.17, 15) is 4.79 Å². The van der Waals surface area contributed by atoms with Crippen LogP contribution >= 0.6 is 11.6 Å². The summed E-state index contributed by atoms with van der Waals surface area (Å²) in [5.41, 5.74) is 1.82. The number of hydrogen-bond acceptors (Lipinski definition) is 5. The second-order valence-corrected chi connectivity index (χ2v) is 6.89. The summed E-state index contributed by atoms with van der Waals surface area (Å²) in [6.07, 6.45) is 5.12. The fourth-order valence-electron chi connectivity index (χ4n) is 3.47. The molecule has 1 fully saturated rings. The SMILES string of the molecule is N#Cc1cnc(N2CCC(Cn3c(=O)[nH]c4cccnc43)CC2)c(Cl)c1. The lowest BCUT2D eigenvalue weighted by atomic mass is 9.96. The number of rotatable bonds is 3. The minimum absolute atomic E-state index is 0.113. The third-order valence-electron chi connectivity index (χ3n) is 4.83. The van der Waals surface area contributed by atoms with Crippen molar-refractivity contribution in [3.63, 3.8) is 0 Å². The molecule has 7 nitrogen and oxygen atoms in total. The van der Waals surface area contributed by atoms with Gasteiger partial charge in [0.25, 0.3) is 0 Å². The van der Waals surface area contributed by atoms with Crippen molar-refractivity contribution in [3.8, 4) is 6.07 Å². The Bertz CT molecular complexity index is 1040. The van der Waals surface area contributed by atoms with Crippen LogP contribution in [-0.2, 0) is 6.54 Å². The predicted molar refractivity (Wildman–Crippen MR) is 99.3 cm³/mol. The van der Waals surface area contributed by atoms with Gasteiger partial charge >= 0.3 is 5.69 Å². The lowest BCUT2D eigenvalue weighted by Gasteiger charge is -2.33. The molecule has 0 aliphatic carbocycles. The largest absolute Gasteiger partial charge is 0.355 e. The molecule has 1 N–H and O–H groups in total. The smallest absolute Gasteiger partial charge is 0.327 e. The summed E-state index contributed by atoms with van der Waals surface area (Å²) in [7, 11) is 0. The molecule has 0 amide bonds. The average Bonchev–Trinajstić information content (AvgIpc) is 2.98. The molecule has 0 atom stereocenters. The van der Waals surface area contributed by atoms with Crippen LogP contribution in [0, 0.1) is 17.2 Å². The first-order valence-electron chi connectivity index (χ1n) is 8.50. The molecule has 4 heterocycles. The number of fused-ring (bicyclic) bond motifs is 1. The monoisotopic (exact) mass is 368 g/mol. The topological polar surface area (TPSA) is 90.6 Å². The first kappa shape index (κ1) is 16.6. The number of nitrogens with one attached hydrogen (secondary N) is 1. The van der Waals surface area contributed by atoms with Crippen molar-refractivity contribution in [3.05, 3.63) is 51.7 Å². The van der Waals surface area contributed by atoms with Crippen LogP contribution in [0.3, 0.4) is 0 Å². The third-order valence-corrected chi connectivity index (χ3v) is 5.11. The van der Waals surface area contributed by atoms with E-state index in [1.54, 1.807) is 23.0 Å². The van der Waals surface area contributed by atoms with Gasteiger partial charge in [-0.05, 0) is 37.0 Å². The van der Waals surface area contributed by atoms with Gasteiger partial charge in [0, 0.05) is 32.0 Å². The maximum Gasteiger partial charge on any atom is 0.327 e. The summed E-state index contributed by atoms with van der Waals surface area (Å²) in [4.78, 5) is 25.8. The first-order valence-corrected chi connectivity index (χ1v) is 8.87. The number of anilines is 1. The summed E-state index contributed by atoms with van der Waals surface area (Å²) in [5.74, 6) is 1.11. The van der Waals surface area contributed by atoms with Gasteiger partial charge in [0.1, 0.15) is 11.9 Å². The Morgan fingerprint density at radius 2 is 2.15 bits per heavy atom. The van der Waals surface area contributed by atoms with E-state index in [4.69, 9.17) is 16.9 Å². The Morgan fingerprint density at radius 3 is 2.88 bits per heavy atom. The summed E-state index contributed by atoms with van der Waals surface area (Å²) in [5, 5.41) is 9.42. The highest BCUT2D eigenvalue weighted by Gasteiger charge is 2.23. The van der Waals surface area contributed by atoms with Gasteiger partial charge in [0.2, 0.25) is 0 Å². The molecule has 0 spiro atoms. The van der Waals surface area contributed by atoms with E-state index in [0.29, 0.717) is 28.7 Å². The van der Waals surface area contributed by atoms with Crippen LogP contribution in [0.5, 0.6) is 0 Å². The molecule has 0 bridgehead atoms. The standard InChI is InChI=1S/C18H17ClN6O/c19-14-8-13(9-20)10-22-16(14)24-6-3-12(4-7-24)11-25-17-15(23-18(25)26)2-1-5-21-17/h1-2,5,8,10,12H,3-4,6-7,11H2,(H,23,26). The fraction of sp³-hybridized carbons (Fsp3) is 0.333. The van der Waals surface area contributed by atoms with Crippen molar-refractivity contribution < 1.29 is 0 Å². The Balaban J connectivity index is 1.46. The molecule has 0 aromatic carbocycles. The number of H-pyrrole nitrogens is 1. The molecule has 3 aromatic heterocycles. The summed E-state index contributed by atoms with van der Waals surface area (Å²) < 4.78 is 1.72. The molecule has 1 aliphatic heterocycles. The molecule has 8 heteroatoms. The maximum atomic E-state index is 12.2. The Labute approximate surface area is 154 Å². The van der Waals surface area contributed by atoms with Crippen LogP contribution in [0.25, 0.3) is 11.2 Å². The highest BCUT2D eigenvalue weighted by atomic mass is 35.5. The second kappa shape index (κ2) is 6.81. The third kappa shape index (κ3) is 3.04. The minimum Gasteiger partial charge on any atom is -0.355 e. The Kier molecular flexibility index (Phi) is 4.35. The number of imidazole rings is 1. The second-order valence-electron chi connectivity index (χ2n) is 6.49. The first-order chi connectivity index (χ1) is 12.7. The number of hydrogen-bond donors (Lipinski definition) is 1. The maximum absolute atomic E-state index is 12.2. The highest BCUT2D eigenvalue weighted by molar-refractivity contribution is 6.33. The quantitative estimate of drug-likeness (QED) is 0.767. The van der Waals surface area contributed by atoms with Crippen LogP contribution in [0.15, 0.2) is 35.4 Å². The van der Waals surface area contributed by atoms with E-state index in [1.807, 2.05) is 18.2 Å². The van der Waals surface area contributed by atoms with Crippen LogP contribution in [-0.4, -0.2) is 32.6 Å². The van der Waals surface area contributed by atoms with Crippen molar-refractivity contribution in [1.82, 2.24) is 19.5 Å². The van der Waals surface area contributed by atoms with Crippen molar-refractivity contribution >= 4 is 28.6 Å². The van der Waals surface area contributed by atoms with Gasteiger partial charge in [-0.25, -0.2) is 14.8 Å². The zero-order valence-corrected chi connectivity index (χ0v) is 14.8. The Hall–Kier alpha value is -2.85. The normalized spacial score (nSPS) is 15.3. The molecule has 3 aromatic rings. The summed E-state index contributed by atoms with van der Waals surface area (Å²) >= 11 is 6.27. The number of pyridine rings is 2. The van der Waals surface area contributed by atoms with Crippen molar-refractivity contribution in [2.45, 2.75) is 19.4 Å². The lowest BCUT2D eigenvalue weighted by Crippen LogP contribution is -2.36. The molecule has 1 saturated heterocycles. The van der Waals surface area contributed by atoms with Gasteiger partial charge in [-0.2, -0.15) is 5.26 Å². The van der Waals surface area contributed by atoms with Gasteiger partial charge < -0.3 is 9.88 Å². The molecular formula is C18H17ClN6O. The van der Waals surface area contributed by atoms with Crippen molar-refractivity contribution in [2.24, 2.45) is 5.92 Å². The average molecular weight is 369 g/mol. The van der Waals surface area contributed by atoms with E-state index in [0.717, 1.165) is 37.3 Å². The lowest BCUT2D eigenvalue weighted by molar-refractivity contribution is 0.355. The van der Waals surface area contributed by atoms with Gasteiger partial charge in [0.15, 0.2) is 5.65 Å². The molecule has 26 heavy (non-hydrogen) atoms. The molecule has 0 unspecified atom stereocenters. The van der Waals surface area contributed by atoms with Crippen LogP contribution in [0.2, 0.25) is 5.02 Å². The minimum atomic E-state index is -0.113. The van der Waals surface area contributed by atoms with E-state index in [-0.39, 0.29) is 5.69 Å². The van der Waals surface area contributed by atoms with E-state index < -0.39 is 0 Å². The van der Waals surface area contributed by atoms with Gasteiger partial charge in [-0.15, -0.1) is 0 Å². The molecular weight excluding hydrogens is 352 g/mol. The van der Waals surface area contributed by atoms with E-state index in [1.165, 1.54) is 0 Å². The van der Waals surface area contributed by atoms with Crippen LogP contribution in [0.1, 0.15) is 18.4 Å². The molecule has 132 valence electrons. The molecule has 0 radical (unpaired) electrons. The number of piperidine rings is 1. The zero-order valence-electron chi connectivity index (χ0n) is 14.0. The zero-order chi connectivity index (χ0) is 18.1. The van der Waals surface area contributed by atoms with Crippen LogP contribution in [0.4, 0.5) is 5.82 Å². The van der Waals surface area contributed by atoms with E-state index in [2.05, 4.69) is 19.9 Å². The van der Waals surface area contributed by atoms with Gasteiger partial charge in [0.05, 0.1) is 16.1 Å². The molecule has 1 aliphatic rings. The highest BCUT2D eigenvalue weighted by Crippen LogP contribution is 2.29. The number of nitriles is 1. The molecule has 4 rings (SSSR count). The Morgan fingerprint density at radius 1 is 1.35 bits per heavy atom. The number of aromatic amines is 1. The fourth-order valence-corrected chi connectivity index (χ4v) is 3.75. The van der Waals surface area contributed by atoms with Gasteiger partial charge in [-0.3, -0.25) is 4.57 Å². The summed E-state index contributed by atoms with van der Waals surface area (Å²) in [6.45, 7) is 2.28. The number of aromatic nitrogens is 4. The summed E-state index contributed by atoms with van der Waals surface area (Å²) in [6, 6.07) is 7.37.